The Labute approximate surface area is 114 Å². The molecule has 2 rings (SSSR count). The van der Waals surface area contributed by atoms with Crippen molar-refractivity contribution >= 4 is 27.5 Å². The summed E-state index contributed by atoms with van der Waals surface area (Å²) >= 11 is 9.39. The average Bonchev–Trinajstić information content (AvgIpc) is 2.30. The number of aryl methyl sites for hydroxylation is 1. The van der Waals surface area contributed by atoms with E-state index in [-0.39, 0.29) is 0 Å². The van der Waals surface area contributed by atoms with Gasteiger partial charge in [0, 0.05) is 10.6 Å². The topological polar surface area (TPSA) is 22.1 Å². The zero-order valence-corrected chi connectivity index (χ0v) is 11.6. The first-order chi connectivity index (χ1) is 8.15. The highest BCUT2D eigenvalue weighted by molar-refractivity contribution is 9.10. The molecule has 0 unspecified atom stereocenters. The standard InChI is InChI=1S/C13H11BrClNO/c1-9-2-3-10(12(15)6-9)8-17-11-4-5-13(14)16-7-11/h2-7H,8H2,1H3. The molecule has 0 atom stereocenters. The second-order valence-corrected chi connectivity index (χ2v) is 4.92. The highest BCUT2D eigenvalue weighted by Gasteiger charge is 2.02. The van der Waals surface area contributed by atoms with Crippen LogP contribution >= 0.6 is 27.5 Å². The Kier molecular flexibility index (Phi) is 4.02. The van der Waals surface area contributed by atoms with Gasteiger partial charge < -0.3 is 4.74 Å². The molecule has 2 aromatic rings. The van der Waals surface area contributed by atoms with Gasteiger partial charge in [-0.15, -0.1) is 0 Å². The van der Waals surface area contributed by atoms with E-state index in [9.17, 15) is 0 Å². The first kappa shape index (κ1) is 12.4. The van der Waals surface area contributed by atoms with Gasteiger partial charge in [-0.1, -0.05) is 23.7 Å². The van der Waals surface area contributed by atoms with E-state index in [2.05, 4.69) is 20.9 Å². The third-order valence-electron chi connectivity index (χ3n) is 2.30. The lowest BCUT2D eigenvalue weighted by Crippen LogP contribution is -1.96. The largest absolute Gasteiger partial charge is 0.487 e. The molecule has 0 aliphatic rings. The van der Waals surface area contributed by atoms with Crippen LogP contribution in [-0.4, -0.2) is 4.98 Å². The molecule has 0 fully saturated rings. The molecule has 0 N–H and O–H groups in total. The lowest BCUT2D eigenvalue weighted by atomic mass is 10.2. The van der Waals surface area contributed by atoms with Gasteiger partial charge >= 0.3 is 0 Å². The summed E-state index contributed by atoms with van der Waals surface area (Å²) in [6, 6.07) is 9.62. The SMILES string of the molecule is Cc1ccc(COc2ccc(Br)nc2)c(Cl)c1. The minimum atomic E-state index is 0.447. The fourth-order valence-corrected chi connectivity index (χ4v) is 1.90. The molecule has 1 heterocycles. The fourth-order valence-electron chi connectivity index (χ4n) is 1.38. The van der Waals surface area contributed by atoms with Gasteiger partial charge in [-0.2, -0.15) is 0 Å². The number of ether oxygens (including phenoxy) is 1. The average molecular weight is 313 g/mol. The van der Waals surface area contributed by atoms with E-state index in [0.29, 0.717) is 6.61 Å². The highest BCUT2D eigenvalue weighted by Crippen LogP contribution is 2.20. The van der Waals surface area contributed by atoms with Crippen LogP contribution in [0, 0.1) is 6.92 Å². The van der Waals surface area contributed by atoms with E-state index in [0.717, 1.165) is 26.5 Å². The van der Waals surface area contributed by atoms with Crippen molar-refractivity contribution in [2.45, 2.75) is 13.5 Å². The number of nitrogens with zero attached hydrogens (tertiary/aromatic N) is 1. The van der Waals surface area contributed by atoms with E-state index in [1.54, 1.807) is 6.20 Å². The van der Waals surface area contributed by atoms with Crippen LogP contribution in [0.3, 0.4) is 0 Å². The van der Waals surface area contributed by atoms with Gasteiger partial charge in [0.25, 0.3) is 0 Å². The van der Waals surface area contributed by atoms with Crippen molar-refractivity contribution in [2.24, 2.45) is 0 Å². The summed E-state index contributed by atoms with van der Waals surface area (Å²) in [4.78, 5) is 4.09. The van der Waals surface area contributed by atoms with Gasteiger partial charge in [0.2, 0.25) is 0 Å². The van der Waals surface area contributed by atoms with Crippen LogP contribution in [0.15, 0.2) is 41.1 Å². The Morgan fingerprint density at radius 1 is 1.29 bits per heavy atom. The molecule has 0 radical (unpaired) electrons. The molecule has 1 aromatic heterocycles. The van der Waals surface area contributed by atoms with Gasteiger partial charge in [-0.3, -0.25) is 0 Å². The van der Waals surface area contributed by atoms with E-state index in [4.69, 9.17) is 16.3 Å². The molecule has 0 amide bonds. The smallest absolute Gasteiger partial charge is 0.138 e. The van der Waals surface area contributed by atoms with Crippen LogP contribution in [0.1, 0.15) is 11.1 Å². The molecule has 0 saturated heterocycles. The molecular weight excluding hydrogens is 302 g/mol. The Bertz CT molecular complexity index is 513. The number of benzene rings is 1. The highest BCUT2D eigenvalue weighted by atomic mass is 79.9. The van der Waals surface area contributed by atoms with Crippen molar-refractivity contribution in [3.8, 4) is 5.75 Å². The molecule has 0 aliphatic carbocycles. The predicted octanol–water partition coefficient (Wildman–Crippen LogP) is 4.38. The number of hydrogen-bond acceptors (Lipinski definition) is 2. The van der Waals surface area contributed by atoms with Crippen LogP contribution in [-0.2, 0) is 6.61 Å². The Hall–Kier alpha value is -1.06. The Morgan fingerprint density at radius 3 is 2.76 bits per heavy atom. The van der Waals surface area contributed by atoms with Crippen molar-refractivity contribution in [1.29, 1.82) is 0 Å². The van der Waals surface area contributed by atoms with E-state index in [1.807, 2.05) is 37.3 Å². The molecule has 88 valence electrons. The van der Waals surface area contributed by atoms with E-state index >= 15 is 0 Å². The number of pyridine rings is 1. The first-order valence-electron chi connectivity index (χ1n) is 5.14. The van der Waals surface area contributed by atoms with Crippen molar-refractivity contribution in [3.05, 3.63) is 57.3 Å². The molecule has 0 saturated carbocycles. The molecular formula is C13H11BrClNO. The van der Waals surface area contributed by atoms with Gasteiger partial charge in [0.15, 0.2) is 0 Å². The Morgan fingerprint density at radius 2 is 2.12 bits per heavy atom. The van der Waals surface area contributed by atoms with Crippen molar-refractivity contribution in [2.75, 3.05) is 0 Å². The quantitative estimate of drug-likeness (QED) is 0.784. The van der Waals surface area contributed by atoms with Gasteiger partial charge in [-0.05, 0) is 46.6 Å². The predicted molar refractivity (Wildman–Crippen MR) is 72.5 cm³/mol. The molecule has 1 aromatic carbocycles. The molecule has 0 bridgehead atoms. The lowest BCUT2D eigenvalue weighted by Gasteiger charge is -2.08. The summed E-state index contributed by atoms with van der Waals surface area (Å²) in [5.41, 5.74) is 2.12. The number of rotatable bonds is 3. The molecule has 0 aliphatic heterocycles. The van der Waals surface area contributed by atoms with Gasteiger partial charge in [-0.25, -0.2) is 4.98 Å². The van der Waals surface area contributed by atoms with Crippen LogP contribution in [0.25, 0.3) is 0 Å². The third-order valence-corrected chi connectivity index (χ3v) is 3.12. The fraction of sp³-hybridized carbons (Fsp3) is 0.154. The lowest BCUT2D eigenvalue weighted by molar-refractivity contribution is 0.305. The maximum Gasteiger partial charge on any atom is 0.138 e. The summed E-state index contributed by atoms with van der Waals surface area (Å²) in [5.74, 6) is 0.727. The molecule has 4 heteroatoms. The normalized spacial score (nSPS) is 10.3. The van der Waals surface area contributed by atoms with Crippen LogP contribution < -0.4 is 4.74 Å². The number of aromatic nitrogens is 1. The van der Waals surface area contributed by atoms with Crippen molar-refractivity contribution < 1.29 is 4.74 Å². The maximum atomic E-state index is 6.12. The number of hydrogen-bond donors (Lipinski definition) is 0. The van der Waals surface area contributed by atoms with Crippen LogP contribution in [0.4, 0.5) is 0 Å². The Balaban J connectivity index is 2.04. The van der Waals surface area contributed by atoms with Crippen LogP contribution in [0.5, 0.6) is 5.75 Å². The molecule has 17 heavy (non-hydrogen) atoms. The minimum absolute atomic E-state index is 0.447. The number of halogens is 2. The monoisotopic (exact) mass is 311 g/mol. The summed E-state index contributed by atoms with van der Waals surface area (Å²) in [6.45, 7) is 2.46. The summed E-state index contributed by atoms with van der Waals surface area (Å²) in [6.07, 6.45) is 1.67. The zero-order valence-electron chi connectivity index (χ0n) is 9.28. The second-order valence-electron chi connectivity index (χ2n) is 3.70. The van der Waals surface area contributed by atoms with Crippen LogP contribution in [0.2, 0.25) is 5.02 Å². The van der Waals surface area contributed by atoms with Crippen molar-refractivity contribution in [3.63, 3.8) is 0 Å². The molecule has 0 spiro atoms. The zero-order chi connectivity index (χ0) is 12.3. The van der Waals surface area contributed by atoms with Gasteiger partial charge in [0.05, 0.1) is 6.20 Å². The van der Waals surface area contributed by atoms with Gasteiger partial charge in [0.1, 0.15) is 17.0 Å². The van der Waals surface area contributed by atoms with Crippen molar-refractivity contribution in [1.82, 2.24) is 4.98 Å². The summed E-state index contributed by atoms with van der Waals surface area (Å²) in [5, 5.41) is 0.732. The maximum absolute atomic E-state index is 6.12. The second kappa shape index (κ2) is 5.52. The van der Waals surface area contributed by atoms with E-state index < -0.39 is 0 Å². The minimum Gasteiger partial charge on any atom is -0.487 e. The summed E-state index contributed by atoms with van der Waals surface area (Å²) in [7, 11) is 0. The first-order valence-corrected chi connectivity index (χ1v) is 6.31. The molecule has 2 nitrogen and oxygen atoms in total. The third kappa shape index (κ3) is 3.45. The summed E-state index contributed by atoms with van der Waals surface area (Å²) < 4.78 is 6.39. The van der Waals surface area contributed by atoms with E-state index in [1.165, 1.54) is 0 Å².